The van der Waals surface area contributed by atoms with E-state index >= 15 is 0 Å². The van der Waals surface area contributed by atoms with Crippen molar-refractivity contribution in [2.45, 2.75) is 57.8 Å². The summed E-state index contributed by atoms with van der Waals surface area (Å²) in [5.41, 5.74) is 2.06. The number of carbonyl (C=O) groups excluding carboxylic acids is 2. The molecule has 1 fully saturated rings. The van der Waals surface area contributed by atoms with Gasteiger partial charge < -0.3 is 19.7 Å². The van der Waals surface area contributed by atoms with Crippen LogP contribution >= 0.6 is 0 Å². The number of alkyl carbamates (subject to hydrolysis) is 1. The molecule has 7 nitrogen and oxygen atoms in total. The number of nitrogens with one attached hydrogen (secondary N) is 1. The van der Waals surface area contributed by atoms with E-state index in [-0.39, 0.29) is 18.4 Å². The van der Waals surface area contributed by atoms with Crippen molar-refractivity contribution < 1.29 is 23.5 Å². The van der Waals surface area contributed by atoms with Crippen LogP contribution in [0.4, 0.5) is 9.18 Å². The number of ether oxygens (including phenoxy) is 2. The van der Waals surface area contributed by atoms with Gasteiger partial charge in [-0.2, -0.15) is 0 Å². The van der Waals surface area contributed by atoms with E-state index in [4.69, 9.17) is 9.47 Å². The van der Waals surface area contributed by atoms with E-state index in [2.05, 4.69) is 10.3 Å². The largest absolute Gasteiger partial charge is 0.481 e. The number of hydrogen-bond donors (Lipinski definition) is 1. The quantitative estimate of drug-likeness (QED) is 0.699. The minimum atomic E-state index is -1.04. The van der Waals surface area contributed by atoms with Gasteiger partial charge in [0, 0.05) is 30.3 Å². The minimum absolute atomic E-state index is 0.0431. The number of aromatic nitrogens is 1. The normalized spacial score (nSPS) is 17.9. The Morgan fingerprint density at radius 3 is 2.33 bits per heavy atom. The second kappa shape index (κ2) is 10.2. The van der Waals surface area contributed by atoms with Crippen LogP contribution in [0.3, 0.4) is 0 Å². The number of alkyl halides is 1. The van der Waals surface area contributed by atoms with Gasteiger partial charge in [0.2, 0.25) is 11.8 Å². The molecule has 0 unspecified atom stereocenters. The lowest BCUT2D eigenvalue weighted by molar-refractivity contribution is -0.133. The molecule has 1 saturated heterocycles. The third-order valence-electron chi connectivity index (χ3n) is 5.60. The Bertz CT molecular complexity index is 957. The van der Waals surface area contributed by atoms with Crippen LogP contribution in [0.15, 0.2) is 42.6 Å². The highest BCUT2D eigenvalue weighted by atomic mass is 19.1. The van der Waals surface area contributed by atoms with Crippen molar-refractivity contribution in [2.75, 3.05) is 20.2 Å². The van der Waals surface area contributed by atoms with Gasteiger partial charge in [0.25, 0.3) is 0 Å². The molecule has 1 aromatic heterocycles. The number of pyridine rings is 1. The molecular weight excluding hydrogens is 425 g/mol. The fourth-order valence-corrected chi connectivity index (χ4v) is 3.79. The smallest absolute Gasteiger partial charge is 0.408 e. The van der Waals surface area contributed by atoms with Gasteiger partial charge in [0.1, 0.15) is 17.8 Å². The summed E-state index contributed by atoms with van der Waals surface area (Å²) in [5, 5.41) is 2.72. The van der Waals surface area contributed by atoms with Crippen LogP contribution in [0.2, 0.25) is 0 Å². The van der Waals surface area contributed by atoms with Crippen LogP contribution in [0, 0.1) is 0 Å². The summed E-state index contributed by atoms with van der Waals surface area (Å²) >= 11 is 0. The van der Waals surface area contributed by atoms with E-state index in [9.17, 15) is 14.0 Å². The highest BCUT2D eigenvalue weighted by Crippen LogP contribution is 2.27. The van der Waals surface area contributed by atoms with Crippen molar-refractivity contribution in [3.8, 4) is 17.0 Å². The van der Waals surface area contributed by atoms with Gasteiger partial charge in [-0.1, -0.05) is 31.2 Å². The van der Waals surface area contributed by atoms with E-state index in [1.807, 2.05) is 37.3 Å². The van der Waals surface area contributed by atoms with Gasteiger partial charge in [-0.3, -0.25) is 4.79 Å². The number of amides is 2. The molecule has 8 heteroatoms. The summed E-state index contributed by atoms with van der Waals surface area (Å²) in [6, 6.07) is 10.6. The van der Waals surface area contributed by atoms with Crippen molar-refractivity contribution in [1.82, 2.24) is 15.2 Å². The van der Waals surface area contributed by atoms with Crippen LogP contribution < -0.4 is 10.1 Å². The monoisotopic (exact) mass is 457 g/mol. The van der Waals surface area contributed by atoms with Gasteiger partial charge in [-0.05, 0) is 44.4 Å². The average Bonchev–Trinajstić information content (AvgIpc) is 3.22. The topological polar surface area (TPSA) is 80.8 Å². The molecule has 0 spiro atoms. The number of carbonyl (C=O) groups is 2. The molecule has 0 saturated carbocycles. The van der Waals surface area contributed by atoms with Gasteiger partial charge in [-0.25, -0.2) is 14.2 Å². The van der Waals surface area contributed by atoms with Crippen LogP contribution in [-0.4, -0.2) is 59.9 Å². The summed E-state index contributed by atoms with van der Waals surface area (Å²) in [7, 11) is 1.57. The zero-order chi connectivity index (χ0) is 24.2. The Morgan fingerprint density at radius 2 is 1.82 bits per heavy atom. The number of methoxy groups -OCH3 is 1. The van der Waals surface area contributed by atoms with Crippen molar-refractivity contribution in [3.63, 3.8) is 0 Å². The molecule has 0 aliphatic carbocycles. The van der Waals surface area contributed by atoms with E-state index in [0.717, 1.165) is 16.7 Å². The summed E-state index contributed by atoms with van der Waals surface area (Å²) in [5.74, 6) is -0.125. The number of likely N-dealkylation sites (tertiary alicyclic amines) is 1. The molecule has 178 valence electrons. The molecule has 2 aromatic rings. The predicted molar refractivity (Wildman–Crippen MR) is 124 cm³/mol. The van der Waals surface area contributed by atoms with Crippen molar-refractivity contribution in [3.05, 3.63) is 48.2 Å². The molecule has 0 radical (unpaired) electrons. The lowest BCUT2D eigenvalue weighted by Crippen LogP contribution is -2.51. The summed E-state index contributed by atoms with van der Waals surface area (Å²) in [6.07, 6.45) is 0.326. The minimum Gasteiger partial charge on any atom is -0.481 e. The first-order chi connectivity index (χ1) is 15.6. The third kappa shape index (κ3) is 6.43. The van der Waals surface area contributed by atoms with Crippen LogP contribution in [0.5, 0.6) is 5.88 Å². The standard InChI is InChI=1S/C25H32FN3O4/c1-16(17-6-8-18(9-7-17)19-10-11-21(32-5)27-14-19)22(28-24(31)33-25(2,3)4)23(30)29-13-12-20(26)15-29/h6-11,14,16,20,22H,12-13,15H2,1-5H3,(H,28,31)/t16-,20-,22-/m0/s1. The van der Waals surface area contributed by atoms with E-state index in [0.29, 0.717) is 18.8 Å². The molecule has 1 aliphatic rings. The van der Waals surface area contributed by atoms with Crippen molar-refractivity contribution in [1.29, 1.82) is 0 Å². The Kier molecular flexibility index (Phi) is 7.56. The first-order valence-electron chi connectivity index (χ1n) is 11.1. The molecule has 33 heavy (non-hydrogen) atoms. The summed E-state index contributed by atoms with van der Waals surface area (Å²) < 4.78 is 24.2. The Labute approximate surface area is 194 Å². The van der Waals surface area contributed by atoms with Crippen LogP contribution in [0.25, 0.3) is 11.1 Å². The van der Waals surface area contributed by atoms with Crippen LogP contribution in [-0.2, 0) is 9.53 Å². The van der Waals surface area contributed by atoms with E-state index in [1.165, 1.54) is 4.90 Å². The van der Waals surface area contributed by atoms with E-state index in [1.54, 1.807) is 40.1 Å². The lowest BCUT2D eigenvalue weighted by Gasteiger charge is -2.30. The maximum atomic E-state index is 13.7. The number of rotatable bonds is 6. The lowest BCUT2D eigenvalue weighted by atomic mass is 9.91. The first-order valence-corrected chi connectivity index (χ1v) is 11.1. The van der Waals surface area contributed by atoms with Gasteiger partial charge in [0.05, 0.1) is 13.7 Å². The Balaban J connectivity index is 1.80. The van der Waals surface area contributed by atoms with Crippen molar-refractivity contribution in [2.24, 2.45) is 0 Å². The molecule has 2 amide bonds. The summed E-state index contributed by atoms with van der Waals surface area (Å²) in [4.78, 5) is 31.4. The SMILES string of the molecule is COc1ccc(-c2ccc([C@H](C)[C@H](NC(=O)OC(C)(C)C)C(=O)N3CC[C@H](F)C3)cc2)cn1. The second-order valence-electron chi connectivity index (χ2n) is 9.29. The highest BCUT2D eigenvalue weighted by Gasteiger charge is 2.36. The first kappa shape index (κ1) is 24.5. The molecular formula is C25H32FN3O4. The van der Waals surface area contributed by atoms with E-state index < -0.39 is 23.9 Å². The second-order valence-corrected chi connectivity index (χ2v) is 9.29. The zero-order valence-electron chi connectivity index (χ0n) is 19.8. The van der Waals surface area contributed by atoms with Gasteiger partial charge in [0.15, 0.2) is 0 Å². The third-order valence-corrected chi connectivity index (χ3v) is 5.60. The average molecular weight is 458 g/mol. The van der Waals surface area contributed by atoms with Crippen molar-refractivity contribution >= 4 is 12.0 Å². The van der Waals surface area contributed by atoms with Crippen LogP contribution in [0.1, 0.15) is 45.6 Å². The van der Waals surface area contributed by atoms with Gasteiger partial charge >= 0.3 is 6.09 Å². The maximum absolute atomic E-state index is 13.7. The predicted octanol–water partition coefficient (Wildman–Crippen LogP) is 4.32. The molecule has 3 atom stereocenters. The van der Waals surface area contributed by atoms with Gasteiger partial charge in [-0.15, -0.1) is 0 Å². The molecule has 1 aromatic carbocycles. The molecule has 2 heterocycles. The maximum Gasteiger partial charge on any atom is 0.408 e. The highest BCUT2D eigenvalue weighted by molar-refractivity contribution is 5.87. The summed E-state index contributed by atoms with van der Waals surface area (Å²) in [6.45, 7) is 7.52. The fourth-order valence-electron chi connectivity index (χ4n) is 3.79. The Morgan fingerprint density at radius 1 is 1.15 bits per heavy atom. The zero-order valence-corrected chi connectivity index (χ0v) is 19.8. The molecule has 1 N–H and O–H groups in total. The molecule has 1 aliphatic heterocycles. The molecule has 3 rings (SSSR count). The number of hydrogen-bond acceptors (Lipinski definition) is 5. The molecule has 0 bridgehead atoms. The number of nitrogens with zero attached hydrogens (tertiary/aromatic N) is 2. The fraction of sp³-hybridized carbons (Fsp3) is 0.480. The number of halogens is 1. The number of benzene rings is 1. The Hall–Kier alpha value is -3.16.